The minimum atomic E-state index is -2.26. The molecule has 1 atom stereocenters. The van der Waals surface area contributed by atoms with Crippen LogP contribution >= 0.6 is 8.03 Å². The molecule has 0 bridgehead atoms. The fourth-order valence-electron chi connectivity index (χ4n) is 0.624. The molecule has 0 aromatic rings. The van der Waals surface area contributed by atoms with Crippen LogP contribution in [0.2, 0.25) is 0 Å². The quantitative estimate of drug-likeness (QED) is 0.382. The Morgan fingerprint density at radius 3 is 2.70 bits per heavy atom. The first-order valence-electron chi connectivity index (χ1n) is 3.64. The molecular weight excluding hydrogens is 147 g/mol. The largest absolute Gasteiger partial charge is 0.346 e. The zero-order chi connectivity index (χ0) is 7.82. The van der Waals surface area contributed by atoms with Gasteiger partial charge in [0.2, 0.25) is 0 Å². The van der Waals surface area contributed by atoms with E-state index in [4.69, 9.17) is 4.89 Å². The second-order valence-corrected chi connectivity index (χ2v) is 3.41. The summed E-state index contributed by atoms with van der Waals surface area (Å²) < 4.78 is 10.2. The first-order valence-corrected chi connectivity index (χ1v) is 5.20. The Morgan fingerprint density at radius 2 is 2.20 bits per heavy atom. The summed E-state index contributed by atoms with van der Waals surface area (Å²) in [5, 5.41) is 0. The van der Waals surface area contributed by atoms with Gasteiger partial charge in [0.25, 0.3) is 0 Å². The fourth-order valence-corrected chi connectivity index (χ4v) is 0.992. The van der Waals surface area contributed by atoms with E-state index in [1.165, 1.54) is 12.8 Å². The van der Waals surface area contributed by atoms with Crippen LogP contribution < -0.4 is 0 Å². The lowest BCUT2D eigenvalue weighted by atomic mass is 10.2. The predicted octanol–water partition coefficient (Wildman–Crippen LogP) is 2.20. The Balaban J connectivity index is 3.12. The van der Waals surface area contributed by atoms with Crippen LogP contribution in [0, 0.1) is 0 Å². The zero-order valence-corrected chi connectivity index (χ0v) is 7.34. The Bertz CT molecular complexity index is 121. The molecule has 3 heteroatoms. The van der Waals surface area contributed by atoms with Crippen molar-refractivity contribution < 1.29 is 9.46 Å². The van der Waals surface area contributed by atoms with Gasteiger partial charge in [-0.05, 0) is 6.42 Å². The van der Waals surface area contributed by atoms with Crippen molar-refractivity contribution in [3.63, 3.8) is 0 Å². The molecule has 1 N–H and O–H groups in total. The number of hydrogen-bond acceptors (Lipinski definition) is 1. The summed E-state index contributed by atoms with van der Waals surface area (Å²) in [6.07, 6.45) is 7.49. The molecule has 0 heterocycles. The second-order valence-electron chi connectivity index (χ2n) is 2.21. The van der Waals surface area contributed by atoms with Gasteiger partial charge in [-0.2, -0.15) is 0 Å². The van der Waals surface area contributed by atoms with Crippen molar-refractivity contribution in [2.75, 3.05) is 6.16 Å². The number of rotatable bonds is 5. The van der Waals surface area contributed by atoms with E-state index in [1.54, 1.807) is 6.08 Å². The van der Waals surface area contributed by atoms with Crippen molar-refractivity contribution in [1.82, 2.24) is 0 Å². The Kier molecular flexibility index (Phi) is 6.99. The summed E-state index contributed by atoms with van der Waals surface area (Å²) in [7, 11) is -2.26. The zero-order valence-electron chi connectivity index (χ0n) is 6.34. The van der Waals surface area contributed by atoms with Gasteiger partial charge in [0.1, 0.15) is 0 Å². The Hall–Kier alpha value is -0.0700. The highest BCUT2D eigenvalue weighted by Gasteiger charge is 1.84. The molecule has 0 radical (unpaired) electrons. The first kappa shape index (κ1) is 9.93. The smallest absolute Gasteiger partial charge is 0.192 e. The van der Waals surface area contributed by atoms with Crippen LogP contribution in [-0.2, 0) is 4.57 Å². The summed E-state index contributed by atoms with van der Waals surface area (Å²) >= 11 is 0. The maximum absolute atomic E-state index is 10.2. The molecule has 2 nitrogen and oxygen atoms in total. The third-order valence-corrected chi connectivity index (χ3v) is 1.77. The minimum Gasteiger partial charge on any atom is -0.346 e. The average molecular weight is 162 g/mol. The molecule has 0 rings (SSSR count). The number of allylic oxidation sites excluding steroid dienone is 2. The molecule has 0 saturated heterocycles. The van der Waals surface area contributed by atoms with E-state index < -0.39 is 8.03 Å². The third-order valence-electron chi connectivity index (χ3n) is 1.18. The summed E-state index contributed by atoms with van der Waals surface area (Å²) in [6.45, 7) is 2.13. The molecule has 0 amide bonds. The lowest BCUT2D eigenvalue weighted by Crippen LogP contribution is -1.70. The van der Waals surface area contributed by atoms with Crippen LogP contribution in [0.25, 0.3) is 0 Å². The highest BCUT2D eigenvalue weighted by molar-refractivity contribution is 7.38. The highest BCUT2D eigenvalue weighted by Crippen LogP contribution is 2.11. The van der Waals surface area contributed by atoms with Crippen LogP contribution in [0.15, 0.2) is 12.2 Å². The maximum Gasteiger partial charge on any atom is 0.192 e. The van der Waals surface area contributed by atoms with Gasteiger partial charge < -0.3 is 4.89 Å². The lowest BCUT2D eigenvalue weighted by molar-refractivity contribution is 0.506. The van der Waals surface area contributed by atoms with Crippen LogP contribution in [-0.4, -0.2) is 11.1 Å². The normalized spacial score (nSPS) is 14.2. The van der Waals surface area contributed by atoms with Crippen LogP contribution in [0.5, 0.6) is 0 Å². The van der Waals surface area contributed by atoms with Crippen molar-refractivity contribution in [2.45, 2.75) is 26.2 Å². The van der Waals surface area contributed by atoms with E-state index in [-0.39, 0.29) is 0 Å². The molecule has 10 heavy (non-hydrogen) atoms. The monoisotopic (exact) mass is 162 g/mol. The molecule has 0 spiro atoms. The van der Waals surface area contributed by atoms with Gasteiger partial charge in [-0.1, -0.05) is 31.9 Å². The first-order chi connectivity index (χ1) is 4.77. The van der Waals surface area contributed by atoms with Gasteiger partial charge in [0.05, 0.1) is 0 Å². The molecule has 0 saturated carbocycles. The third kappa shape index (κ3) is 7.93. The molecule has 0 aliphatic rings. The van der Waals surface area contributed by atoms with Gasteiger partial charge in [0, 0.05) is 6.16 Å². The van der Waals surface area contributed by atoms with Gasteiger partial charge in [0.15, 0.2) is 8.03 Å². The van der Waals surface area contributed by atoms with Crippen molar-refractivity contribution in [2.24, 2.45) is 0 Å². The fraction of sp³-hybridized carbons (Fsp3) is 0.714. The van der Waals surface area contributed by atoms with E-state index in [2.05, 4.69) is 6.92 Å². The molecule has 0 aliphatic carbocycles. The van der Waals surface area contributed by atoms with E-state index in [1.807, 2.05) is 6.08 Å². The molecule has 0 aromatic carbocycles. The minimum absolute atomic E-state index is 0.342. The Morgan fingerprint density at radius 1 is 1.50 bits per heavy atom. The summed E-state index contributed by atoms with van der Waals surface area (Å²) in [5.41, 5.74) is 0. The molecule has 0 aromatic heterocycles. The van der Waals surface area contributed by atoms with Crippen molar-refractivity contribution in [3.05, 3.63) is 12.2 Å². The number of hydrogen-bond donors (Lipinski definition) is 1. The van der Waals surface area contributed by atoms with Crippen molar-refractivity contribution in [1.29, 1.82) is 0 Å². The average Bonchev–Trinajstić information content (AvgIpc) is 1.87. The molecule has 0 aliphatic heterocycles. The van der Waals surface area contributed by atoms with Crippen LogP contribution in [0.3, 0.4) is 0 Å². The summed E-state index contributed by atoms with van der Waals surface area (Å²) in [6, 6.07) is 0. The summed E-state index contributed by atoms with van der Waals surface area (Å²) in [5.74, 6) is 0. The highest BCUT2D eigenvalue weighted by atomic mass is 31.1. The molecule has 60 valence electrons. The van der Waals surface area contributed by atoms with Crippen LogP contribution in [0.1, 0.15) is 26.2 Å². The standard InChI is InChI=1S/C7H15O2P/c1-2-3-4-5-6-7-10(8)9/h5-6,10H,2-4,7H2,1H3,(H,8,9). The second kappa shape index (κ2) is 7.04. The van der Waals surface area contributed by atoms with Gasteiger partial charge in [-0.15, -0.1) is 0 Å². The summed E-state index contributed by atoms with van der Waals surface area (Å²) in [4.78, 5) is 8.40. The molecule has 1 unspecified atom stereocenters. The van der Waals surface area contributed by atoms with Crippen molar-refractivity contribution in [3.8, 4) is 0 Å². The van der Waals surface area contributed by atoms with Gasteiger partial charge in [-0.3, -0.25) is 4.57 Å². The topological polar surface area (TPSA) is 37.3 Å². The van der Waals surface area contributed by atoms with Crippen LogP contribution in [0.4, 0.5) is 0 Å². The molecule has 0 fully saturated rings. The number of unbranched alkanes of at least 4 members (excludes halogenated alkanes) is 2. The van der Waals surface area contributed by atoms with E-state index in [0.29, 0.717) is 6.16 Å². The van der Waals surface area contributed by atoms with E-state index >= 15 is 0 Å². The predicted molar refractivity (Wildman–Crippen MR) is 44.8 cm³/mol. The maximum atomic E-state index is 10.2. The molecular formula is C7H15O2P. The lowest BCUT2D eigenvalue weighted by Gasteiger charge is -1.87. The Labute approximate surface area is 62.8 Å². The van der Waals surface area contributed by atoms with E-state index in [0.717, 1.165) is 6.42 Å². The SMILES string of the molecule is CCCCC=CC[PH](=O)O. The van der Waals surface area contributed by atoms with Gasteiger partial charge in [-0.25, -0.2) is 0 Å². The van der Waals surface area contributed by atoms with Crippen molar-refractivity contribution >= 4 is 8.03 Å². The van der Waals surface area contributed by atoms with Gasteiger partial charge >= 0.3 is 0 Å². The van der Waals surface area contributed by atoms with E-state index in [9.17, 15) is 4.57 Å².